The van der Waals surface area contributed by atoms with Crippen LogP contribution in [0.2, 0.25) is 0 Å². The molecule has 2 aromatic heterocycles. The Morgan fingerprint density at radius 1 is 1.40 bits per heavy atom. The molecule has 1 amide bonds. The van der Waals surface area contributed by atoms with E-state index in [1.165, 1.54) is 23.5 Å². The van der Waals surface area contributed by atoms with Gasteiger partial charge in [-0.15, -0.1) is 11.3 Å². The first-order valence-corrected chi connectivity index (χ1v) is 6.60. The van der Waals surface area contributed by atoms with Crippen LogP contribution in [0.3, 0.4) is 0 Å². The average Bonchev–Trinajstić information content (AvgIpc) is 3.09. The molecule has 20 heavy (non-hydrogen) atoms. The number of nitrogens with one attached hydrogen (secondary N) is 1. The van der Waals surface area contributed by atoms with E-state index in [2.05, 4.69) is 15.0 Å². The summed E-state index contributed by atoms with van der Waals surface area (Å²) in [4.78, 5) is 22.6. The van der Waals surface area contributed by atoms with Crippen molar-refractivity contribution in [2.75, 3.05) is 0 Å². The maximum absolute atomic E-state index is 11.2. The van der Waals surface area contributed by atoms with Gasteiger partial charge in [0.15, 0.2) is 0 Å². The molecule has 0 aliphatic heterocycles. The van der Waals surface area contributed by atoms with Gasteiger partial charge in [0.05, 0.1) is 29.5 Å². The van der Waals surface area contributed by atoms with Crippen molar-refractivity contribution in [3.05, 3.63) is 41.7 Å². The van der Waals surface area contributed by atoms with Crippen molar-refractivity contribution in [3.63, 3.8) is 0 Å². The van der Waals surface area contributed by atoms with Crippen LogP contribution in [0.4, 0.5) is 0 Å². The number of amides is 1. The molecule has 0 spiro atoms. The minimum atomic E-state index is -0.673. The third-order valence-electron chi connectivity index (χ3n) is 2.79. The van der Waals surface area contributed by atoms with E-state index in [0.717, 1.165) is 16.3 Å². The Morgan fingerprint density at radius 2 is 2.25 bits per heavy atom. The fourth-order valence-corrected chi connectivity index (χ4v) is 2.60. The first kappa shape index (κ1) is 12.4. The lowest BCUT2D eigenvalue weighted by atomic mass is 10.1. The lowest BCUT2D eigenvalue weighted by molar-refractivity contribution is 0.0998. The summed E-state index contributed by atoms with van der Waals surface area (Å²) in [7, 11) is 0. The number of hydrogen-bond acceptors (Lipinski definition) is 5. The number of imidazole rings is 1. The number of thiazole rings is 1. The Bertz CT molecular complexity index is 765. The Kier molecular flexibility index (Phi) is 2.96. The lowest BCUT2D eigenvalue weighted by Gasteiger charge is -2.02. The molecule has 3 aromatic rings. The summed E-state index contributed by atoms with van der Waals surface area (Å²) >= 11 is 1.46. The highest BCUT2D eigenvalue weighted by atomic mass is 32.1. The lowest BCUT2D eigenvalue weighted by Crippen LogP contribution is -2.11. The first-order chi connectivity index (χ1) is 9.65. The maximum Gasteiger partial charge on any atom is 0.252 e. The molecule has 4 N–H and O–H groups in total. The highest BCUT2D eigenvalue weighted by Crippen LogP contribution is 2.30. The van der Waals surface area contributed by atoms with Crippen LogP contribution in [-0.4, -0.2) is 26.0 Å². The van der Waals surface area contributed by atoms with Gasteiger partial charge < -0.3 is 15.8 Å². The molecule has 0 saturated heterocycles. The SMILES string of the molecule is NC(=O)c1cc(-c2csc(-c3cnc[nH]3)n2)ccc1O. The zero-order chi connectivity index (χ0) is 14.1. The number of aromatic nitrogens is 3. The molecule has 0 unspecified atom stereocenters. The number of aromatic amines is 1. The number of rotatable bonds is 3. The number of hydrogen-bond donors (Lipinski definition) is 3. The van der Waals surface area contributed by atoms with Gasteiger partial charge in [-0.05, 0) is 18.2 Å². The molecule has 1 aromatic carbocycles. The maximum atomic E-state index is 11.2. The van der Waals surface area contributed by atoms with Gasteiger partial charge in [0.2, 0.25) is 0 Å². The fraction of sp³-hybridized carbons (Fsp3) is 0. The van der Waals surface area contributed by atoms with Crippen LogP contribution in [0.5, 0.6) is 5.75 Å². The molecule has 0 aliphatic rings. The highest BCUT2D eigenvalue weighted by molar-refractivity contribution is 7.13. The summed E-state index contributed by atoms with van der Waals surface area (Å²) in [5.41, 5.74) is 7.56. The Hall–Kier alpha value is -2.67. The summed E-state index contributed by atoms with van der Waals surface area (Å²) in [5.74, 6) is -0.807. The van der Waals surface area contributed by atoms with Crippen molar-refractivity contribution in [2.24, 2.45) is 5.73 Å². The number of nitrogens with two attached hydrogens (primary N) is 1. The van der Waals surface area contributed by atoms with Crippen LogP contribution >= 0.6 is 11.3 Å². The average molecular weight is 286 g/mol. The van der Waals surface area contributed by atoms with Gasteiger partial charge in [-0.3, -0.25) is 4.79 Å². The second kappa shape index (κ2) is 4.78. The van der Waals surface area contributed by atoms with Crippen LogP contribution in [0, 0.1) is 0 Å². The van der Waals surface area contributed by atoms with Crippen LogP contribution in [-0.2, 0) is 0 Å². The first-order valence-electron chi connectivity index (χ1n) is 5.72. The molecule has 3 rings (SSSR count). The standard InChI is InChI=1S/C13H10N4O2S/c14-12(19)8-3-7(1-2-11(8)18)10-5-20-13(17-10)9-4-15-6-16-9/h1-6,18H,(H2,14,19)(H,15,16). The molecular formula is C13H10N4O2S. The topological polar surface area (TPSA) is 105 Å². The molecule has 0 aliphatic carbocycles. The zero-order valence-electron chi connectivity index (χ0n) is 10.2. The minimum Gasteiger partial charge on any atom is -0.507 e. The second-order valence-corrected chi connectivity index (χ2v) is 4.96. The van der Waals surface area contributed by atoms with E-state index in [4.69, 9.17) is 5.73 Å². The summed E-state index contributed by atoms with van der Waals surface area (Å²) in [6, 6.07) is 4.65. The summed E-state index contributed by atoms with van der Waals surface area (Å²) < 4.78 is 0. The Morgan fingerprint density at radius 3 is 2.95 bits per heavy atom. The van der Waals surface area contributed by atoms with Crippen LogP contribution in [0.15, 0.2) is 36.1 Å². The number of phenols is 1. The van der Waals surface area contributed by atoms with Crippen LogP contribution in [0.1, 0.15) is 10.4 Å². The molecule has 0 radical (unpaired) electrons. The predicted molar refractivity (Wildman–Crippen MR) is 75.3 cm³/mol. The highest BCUT2D eigenvalue weighted by Gasteiger charge is 2.12. The molecule has 100 valence electrons. The Labute approximate surface area is 117 Å². The van der Waals surface area contributed by atoms with E-state index in [0.29, 0.717) is 5.69 Å². The van der Waals surface area contributed by atoms with Crippen molar-refractivity contribution in [1.29, 1.82) is 0 Å². The van der Waals surface area contributed by atoms with E-state index >= 15 is 0 Å². The van der Waals surface area contributed by atoms with Gasteiger partial charge in [0.1, 0.15) is 10.8 Å². The van der Waals surface area contributed by atoms with E-state index in [1.807, 2.05) is 5.38 Å². The van der Waals surface area contributed by atoms with E-state index in [9.17, 15) is 9.90 Å². The van der Waals surface area contributed by atoms with Gasteiger partial charge in [0, 0.05) is 10.9 Å². The number of H-pyrrole nitrogens is 1. The second-order valence-electron chi connectivity index (χ2n) is 4.10. The molecular weight excluding hydrogens is 276 g/mol. The molecule has 6 nitrogen and oxygen atoms in total. The minimum absolute atomic E-state index is 0.0820. The van der Waals surface area contributed by atoms with Gasteiger partial charge in [-0.25, -0.2) is 9.97 Å². The summed E-state index contributed by atoms with van der Waals surface area (Å²) in [5, 5.41) is 12.2. The zero-order valence-corrected chi connectivity index (χ0v) is 11.0. The summed E-state index contributed by atoms with van der Waals surface area (Å²) in [6.45, 7) is 0. The van der Waals surface area contributed by atoms with Crippen molar-refractivity contribution < 1.29 is 9.90 Å². The number of carbonyl (C=O) groups is 1. The number of nitrogens with zero attached hydrogens (tertiary/aromatic N) is 2. The van der Waals surface area contributed by atoms with E-state index in [1.54, 1.807) is 18.6 Å². The predicted octanol–water partition coefficient (Wildman–Crippen LogP) is 2.00. The van der Waals surface area contributed by atoms with Gasteiger partial charge >= 0.3 is 0 Å². The summed E-state index contributed by atoms with van der Waals surface area (Å²) in [6.07, 6.45) is 3.27. The monoisotopic (exact) mass is 286 g/mol. The van der Waals surface area contributed by atoms with E-state index < -0.39 is 5.91 Å². The third-order valence-corrected chi connectivity index (χ3v) is 3.67. The normalized spacial score (nSPS) is 10.6. The fourth-order valence-electron chi connectivity index (χ4n) is 1.80. The van der Waals surface area contributed by atoms with Crippen LogP contribution < -0.4 is 5.73 Å². The van der Waals surface area contributed by atoms with Crippen molar-refractivity contribution in [3.8, 4) is 27.7 Å². The number of benzene rings is 1. The third kappa shape index (κ3) is 2.14. The quantitative estimate of drug-likeness (QED) is 0.684. The van der Waals surface area contributed by atoms with Crippen molar-refractivity contribution >= 4 is 17.2 Å². The number of carbonyl (C=O) groups excluding carboxylic acids is 1. The number of aromatic hydroxyl groups is 1. The molecule has 0 fully saturated rings. The van der Waals surface area contributed by atoms with Gasteiger partial charge in [-0.2, -0.15) is 0 Å². The Balaban J connectivity index is 2.02. The molecule has 0 atom stereocenters. The van der Waals surface area contributed by atoms with Crippen molar-refractivity contribution in [1.82, 2.24) is 15.0 Å². The molecule has 0 saturated carbocycles. The number of primary amides is 1. The van der Waals surface area contributed by atoms with Gasteiger partial charge in [0.25, 0.3) is 5.91 Å². The largest absolute Gasteiger partial charge is 0.507 e. The van der Waals surface area contributed by atoms with E-state index in [-0.39, 0.29) is 11.3 Å². The van der Waals surface area contributed by atoms with Crippen molar-refractivity contribution in [2.45, 2.75) is 0 Å². The smallest absolute Gasteiger partial charge is 0.252 e. The molecule has 0 bridgehead atoms. The molecule has 2 heterocycles. The molecule has 7 heteroatoms. The van der Waals surface area contributed by atoms with Crippen LogP contribution in [0.25, 0.3) is 22.0 Å². The van der Waals surface area contributed by atoms with Gasteiger partial charge in [-0.1, -0.05) is 0 Å².